The molecule has 1 unspecified atom stereocenters. The molecule has 1 aromatic rings. The van der Waals surface area contributed by atoms with E-state index in [4.69, 9.17) is 23.2 Å². The topological polar surface area (TPSA) is 66.4 Å². The van der Waals surface area contributed by atoms with Gasteiger partial charge in [-0.2, -0.15) is 0 Å². The van der Waals surface area contributed by atoms with Crippen molar-refractivity contribution < 1.29 is 13.5 Å². The summed E-state index contributed by atoms with van der Waals surface area (Å²) < 4.78 is 26.1. The van der Waals surface area contributed by atoms with Crippen LogP contribution in [-0.2, 0) is 15.8 Å². The van der Waals surface area contributed by atoms with Crippen LogP contribution in [0.15, 0.2) is 18.2 Å². The Morgan fingerprint density at radius 3 is 2.37 bits per heavy atom. The Kier molecular flexibility index (Phi) is 6.56. The fraction of sp³-hybridized carbons (Fsp3) is 0.500. The molecule has 0 saturated carbocycles. The molecule has 2 N–H and O–H groups in total. The van der Waals surface area contributed by atoms with Gasteiger partial charge < -0.3 is 5.11 Å². The van der Waals surface area contributed by atoms with Crippen LogP contribution in [-0.4, -0.2) is 26.2 Å². The van der Waals surface area contributed by atoms with Gasteiger partial charge in [0.25, 0.3) is 0 Å². The molecule has 0 amide bonds. The third kappa shape index (κ3) is 6.58. The number of benzene rings is 1. The van der Waals surface area contributed by atoms with Crippen molar-refractivity contribution in [3.63, 3.8) is 0 Å². The first kappa shape index (κ1) is 16.7. The number of halogens is 2. The van der Waals surface area contributed by atoms with Gasteiger partial charge in [0.2, 0.25) is 10.0 Å². The van der Waals surface area contributed by atoms with E-state index < -0.39 is 16.1 Å². The number of sulfonamides is 1. The van der Waals surface area contributed by atoms with Crippen LogP contribution >= 0.6 is 23.2 Å². The van der Waals surface area contributed by atoms with E-state index in [1.807, 2.05) is 6.92 Å². The molecular weight excluding hydrogens is 309 g/mol. The maximum atomic E-state index is 11.8. The molecule has 1 aromatic carbocycles. The normalized spacial score (nSPS) is 13.5. The molecule has 7 heteroatoms. The van der Waals surface area contributed by atoms with E-state index in [9.17, 15) is 13.5 Å². The first-order valence-corrected chi connectivity index (χ1v) is 8.33. The highest BCUT2D eigenvalue weighted by Gasteiger charge is 2.13. The second-order valence-corrected chi connectivity index (χ2v) is 6.96. The predicted molar refractivity (Wildman–Crippen MR) is 78.0 cm³/mol. The van der Waals surface area contributed by atoms with E-state index in [-0.39, 0.29) is 12.3 Å². The Morgan fingerprint density at radius 2 is 1.84 bits per heavy atom. The first-order chi connectivity index (χ1) is 8.82. The van der Waals surface area contributed by atoms with Gasteiger partial charge in [-0.05, 0) is 36.6 Å². The van der Waals surface area contributed by atoms with Gasteiger partial charge in [0.05, 0.1) is 11.9 Å². The van der Waals surface area contributed by atoms with Crippen molar-refractivity contribution in [2.45, 2.75) is 31.6 Å². The van der Waals surface area contributed by atoms with E-state index in [2.05, 4.69) is 4.72 Å². The van der Waals surface area contributed by atoms with E-state index in [1.54, 1.807) is 18.2 Å². The van der Waals surface area contributed by atoms with Crippen LogP contribution in [0.3, 0.4) is 0 Å². The van der Waals surface area contributed by atoms with Crippen LogP contribution in [0.25, 0.3) is 0 Å². The Bertz CT molecular complexity index is 499. The van der Waals surface area contributed by atoms with Crippen molar-refractivity contribution in [1.82, 2.24) is 4.72 Å². The van der Waals surface area contributed by atoms with Crippen LogP contribution in [0.4, 0.5) is 0 Å². The molecule has 0 aliphatic heterocycles. The van der Waals surface area contributed by atoms with E-state index in [0.29, 0.717) is 28.5 Å². The molecule has 0 radical (unpaired) electrons. The minimum Gasteiger partial charge on any atom is -0.393 e. The molecule has 0 bridgehead atoms. The second kappa shape index (κ2) is 7.45. The lowest BCUT2D eigenvalue weighted by atomic mass is 10.2. The maximum absolute atomic E-state index is 11.8. The molecular formula is C12H17Cl2NO3S. The lowest BCUT2D eigenvalue weighted by Crippen LogP contribution is -2.28. The van der Waals surface area contributed by atoms with Crippen molar-refractivity contribution in [3.05, 3.63) is 33.8 Å². The minimum absolute atomic E-state index is 0.185. The highest BCUT2D eigenvalue weighted by molar-refractivity contribution is 7.88. The summed E-state index contributed by atoms with van der Waals surface area (Å²) in [6.45, 7) is 2.05. The van der Waals surface area contributed by atoms with Crippen LogP contribution < -0.4 is 4.72 Å². The fourth-order valence-corrected chi connectivity index (χ4v) is 3.26. The maximum Gasteiger partial charge on any atom is 0.215 e. The largest absolute Gasteiger partial charge is 0.393 e. The van der Waals surface area contributed by atoms with Crippen molar-refractivity contribution in [1.29, 1.82) is 0 Å². The van der Waals surface area contributed by atoms with Gasteiger partial charge in [0.15, 0.2) is 0 Å². The molecule has 108 valence electrons. The van der Waals surface area contributed by atoms with Crippen LogP contribution in [0.2, 0.25) is 10.0 Å². The highest BCUT2D eigenvalue weighted by Crippen LogP contribution is 2.20. The van der Waals surface area contributed by atoms with Gasteiger partial charge >= 0.3 is 0 Å². The number of nitrogens with one attached hydrogen (secondary N) is 1. The van der Waals surface area contributed by atoms with Gasteiger partial charge in [-0.3, -0.25) is 0 Å². The Labute approximate surface area is 123 Å². The number of rotatable bonds is 7. The lowest BCUT2D eigenvalue weighted by molar-refractivity contribution is 0.162. The number of hydrogen-bond donors (Lipinski definition) is 2. The van der Waals surface area contributed by atoms with Gasteiger partial charge in [-0.15, -0.1) is 0 Å². The molecule has 0 spiro atoms. The lowest BCUT2D eigenvalue weighted by Gasteiger charge is -2.10. The number of aliphatic hydroxyl groups is 1. The summed E-state index contributed by atoms with van der Waals surface area (Å²) in [4.78, 5) is 0. The summed E-state index contributed by atoms with van der Waals surface area (Å²) in [6, 6.07) is 4.67. The third-order valence-electron chi connectivity index (χ3n) is 2.55. The zero-order valence-corrected chi connectivity index (χ0v) is 12.9. The van der Waals surface area contributed by atoms with Gasteiger partial charge in [0, 0.05) is 16.6 Å². The third-order valence-corrected chi connectivity index (χ3v) is 4.34. The van der Waals surface area contributed by atoms with E-state index in [1.165, 1.54) is 0 Å². The summed E-state index contributed by atoms with van der Waals surface area (Å²) in [5.41, 5.74) is 0.529. The van der Waals surface area contributed by atoms with Gasteiger partial charge in [-0.25, -0.2) is 13.1 Å². The summed E-state index contributed by atoms with van der Waals surface area (Å²) >= 11 is 11.6. The average Bonchev–Trinajstić information content (AvgIpc) is 2.26. The monoisotopic (exact) mass is 325 g/mol. The first-order valence-electron chi connectivity index (χ1n) is 5.93. The van der Waals surface area contributed by atoms with Crippen molar-refractivity contribution in [2.24, 2.45) is 0 Å². The zero-order chi connectivity index (χ0) is 14.5. The second-order valence-electron chi connectivity index (χ2n) is 4.28. The Morgan fingerprint density at radius 1 is 1.26 bits per heavy atom. The summed E-state index contributed by atoms with van der Waals surface area (Å²) in [5.74, 6) is -0.185. The standard InChI is InChI=1S/C12H17Cl2NO3S/c1-2-12(16)3-4-15-19(17,18)8-9-5-10(13)7-11(14)6-9/h5-7,12,15-16H,2-4,8H2,1H3. The van der Waals surface area contributed by atoms with Crippen molar-refractivity contribution >= 4 is 33.2 Å². The van der Waals surface area contributed by atoms with Gasteiger partial charge in [0.1, 0.15) is 0 Å². The molecule has 4 nitrogen and oxygen atoms in total. The number of hydrogen-bond acceptors (Lipinski definition) is 3. The Hall–Kier alpha value is -0.330. The molecule has 0 aromatic heterocycles. The van der Waals surface area contributed by atoms with E-state index in [0.717, 1.165) is 0 Å². The van der Waals surface area contributed by atoms with Crippen LogP contribution in [0, 0.1) is 0 Å². The SMILES string of the molecule is CCC(O)CCNS(=O)(=O)Cc1cc(Cl)cc(Cl)c1. The molecule has 0 aliphatic carbocycles. The summed E-state index contributed by atoms with van der Waals surface area (Å²) in [6.07, 6.45) is 0.515. The van der Waals surface area contributed by atoms with Crippen molar-refractivity contribution in [2.75, 3.05) is 6.54 Å². The Balaban J connectivity index is 2.59. The molecule has 0 fully saturated rings. The van der Waals surface area contributed by atoms with Crippen molar-refractivity contribution in [3.8, 4) is 0 Å². The predicted octanol–water partition coefficient (Wildman–Crippen LogP) is 2.57. The fourth-order valence-electron chi connectivity index (χ4n) is 1.55. The molecule has 19 heavy (non-hydrogen) atoms. The van der Waals surface area contributed by atoms with Crippen LogP contribution in [0.5, 0.6) is 0 Å². The summed E-state index contributed by atoms with van der Waals surface area (Å²) in [5, 5.41) is 10.2. The quantitative estimate of drug-likeness (QED) is 0.809. The average molecular weight is 326 g/mol. The molecule has 1 rings (SSSR count). The molecule has 0 saturated heterocycles. The summed E-state index contributed by atoms with van der Waals surface area (Å²) in [7, 11) is -3.45. The molecule has 0 heterocycles. The zero-order valence-electron chi connectivity index (χ0n) is 10.6. The van der Waals surface area contributed by atoms with Crippen LogP contribution in [0.1, 0.15) is 25.3 Å². The molecule has 0 aliphatic rings. The van der Waals surface area contributed by atoms with Gasteiger partial charge in [-0.1, -0.05) is 30.1 Å². The smallest absolute Gasteiger partial charge is 0.215 e. The number of aliphatic hydroxyl groups excluding tert-OH is 1. The minimum atomic E-state index is -3.45. The highest BCUT2D eigenvalue weighted by atomic mass is 35.5. The molecule has 1 atom stereocenters. The van der Waals surface area contributed by atoms with E-state index >= 15 is 0 Å².